The van der Waals surface area contributed by atoms with E-state index in [1.807, 2.05) is 0 Å². The van der Waals surface area contributed by atoms with E-state index in [-0.39, 0.29) is 11.4 Å². The molecule has 0 aromatic rings. The van der Waals surface area contributed by atoms with Gasteiger partial charge in [0.2, 0.25) is 5.91 Å². The molecule has 1 atom stereocenters. The number of carbonyl (C=O) groups excluding carboxylic acids is 1. The Morgan fingerprint density at radius 1 is 1.53 bits per heavy atom. The molecule has 0 aliphatic carbocycles. The molecule has 0 aliphatic rings. The topological polar surface area (TPSA) is 38.3 Å². The summed E-state index contributed by atoms with van der Waals surface area (Å²) in [5.41, 5.74) is 0. The molecule has 0 fully saturated rings. The van der Waals surface area contributed by atoms with Crippen LogP contribution in [0.3, 0.4) is 0 Å². The highest BCUT2D eigenvalue weighted by Gasteiger charge is 2.27. The lowest BCUT2D eigenvalue weighted by molar-refractivity contribution is -0.144. The van der Waals surface area contributed by atoms with Gasteiger partial charge in [-0.15, -0.1) is 0 Å². The number of methoxy groups -OCH3 is 1. The van der Waals surface area contributed by atoms with Crippen LogP contribution in [0.25, 0.3) is 0 Å². The molecule has 15 heavy (non-hydrogen) atoms. The third-order valence-electron chi connectivity index (χ3n) is 1.50. The molecule has 90 valence electrons. The van der Waals surface area contributed by atoms with Crippen molar-refractivity contribution in [2.24, 2.45) is 0 Å². The highest BCUT2D eigenvalue weighted by Crippen LogP contribution is 2.20. The Bertz CT molecular complexity index is 199. The van der Waals surface area contributed by atoms with Gasteiger partial charge in [0.15, 0.2) is 0 Å². The molecule has 1 unspecified atom stereocenters. The minimum absolute atomic E-state index is 0.0858. The molecule has 7 heteroatoms. The number of carbonyl (C=O) groups is 1. The maximum absolute atomic E-state index is 11.7. The number of ether oxygens (including phenoxy) is 1. The van der Waals surface area contributed by atoms with Crippen LogP contribution in [0.4, 0.5) is 13.2 Å². The molecule has 0 aromatic heterocycles. The van der Waals surface area contributed by atoms with E-state index in [1.165, 1.54) is 7.11 Å². The van der Waals surface area contributed by atoms with Gasteiger partial charge in [0.1, 0.15) is 0 Å². The fourth-order valence-electron chi connectivity index (χ4n) is 0.808. The van der Waals surface area contributed by atoms with E-state index in [9.17, 15) is 18.0 Å². The zero-order valence-electron chi connectivity index (χ0n) is 8.23. The summed E-state index contributed by atoms with van der Waals surface area (Å²) in [5, 5.41) is 2.37. The molecule has 0 heterocycles. The zero-order valence-corrected chi connectivity index (χ0v) is 9.82. The second kappa shape index (κ2) is 7.05. The highest BCUT2D eigenvalue weighted by atomic mass is 79.9. The van der Waals surface area contributed by atoms with Crippen molar-refractivity contribution in [3.05, 3.63) is 0 Å². The Balaban J connectivity index is 3.58. The molecule has 0 bridgehead atoms. The van der Waals surface area contributed by atoms with Crippen molar-refractivity contribution in [2.75, 3.05) is 20.3 Å². The summed E-state index contributed by atoms with van der Waals surface area (Å²) >= 11 is 3.20. The molecule has 3 nitrogen and oxygen atoms in total. The fraction of sp³-hybridized carbons (Fsp3) is 0.875. The van der Waals surface area contributed by atoms with Gasteiger partial charge in [0.25, 0.3) is 0 Å². The number of alkyl halides is 4. The monoisotopic (exact) mass is 291 g/mol. The van der Waals surface area contributed by atoms with E-state index in [4.69, 9.17) is 4.74 Å². The van der Waals surface area contributed by atoms with Crippen LogP contribution in [0.15, 0.2) is 0 Å². The van der Waals surface area contributed by atoms with Gasteiger partial charge < -0.3 is 10.1 Å². The quantitative estimate of drug-likeness (QED) is 0.759. The van der Waals surface area contributed by atoms with Gasteiger partial charge in [-0.25, -0.2) is 0 Å². The fourth-order valence-corrected chi connectivity index (χ4v) is 1.23. The van der Waals surface area contributed by atoms with Crippen LogP contribution in [-0.2, 0) is 9.53 Å². The van der Waals surface area contributed by atoms with Gasteiger partial charge in [-0.2, -0.15) is 13.2 Å². The molecular formula is C8H13BrF3NO2. The minimum atomic E-state index is -4.28. The van der Waals surface area contributed by atoms with Crippen LogP contribution in [0.5, 0.6) is 0 Å². The first-order chi connectivity index (χ1) is 6.85. The lowest BCUT2D eigenvalue weighted by Gasteiger charge is -2.10. The van der Waals surface area contributed by atoms with Gasteiger partial charge in [-0.05, 0) is 0 Å². The predicted molar refractivity (Wildman–Crippen MR) is 52.9 cm³/mol. The second-order valence-corrected chi connectivity index (χ2v) is 4.27. The van der Waals surface area contributed by atoms with Crippen molar-refractivity contribution in [1.82, 2.24) is 5.32 Å². The average Bonchev–Trinajstić information content (AvgIpc) is 2.11. The van der Waals surface area contributed by atoms with Crippen molar-refractivity contribution in [3.63, 3.8) is 0 Å². The smallest absolute Gasteiger partial charge is 0.383 e. The average molecular weight is 292 g/mol. The Morgan fingerprint density at radius 2 is 2.13 bits per heavy atom. The van der Waals surface area contributed by atoms with E-state index in [1.54, 1.807) is 0 Å². The molecule has 0 aliphatic heterocycles. The second-order valence-electron chi connectivity index (χ2n) is 2.97. The zero-order chi connectivity index (χ0) is 11.9. The summed E-state index contributed by atoms with van der Waals surface area (Å²) in [6.45, 7) is 0.643. The summed E-state index contributed by atoms with van der Waals surface area (Å²) < 4.78 is 40.0. The van der Waals surface area contributed by atoms with E-state index in [2.05, 4.69) is 21.2 Å². The van der Waals surface area contributed by atoms with Crippen molar-refractivity contribution in [3.8, 4) is 0 Å². The van der Waals surface area contributed by atoms with Crippen molar-refractivity contribution in [1.29, 1.82) is 0 Å². The van der Waals surface area contributed by atoms with E-state index in [0.717, 1.165) is 0 Å². The third kappa shape index (κ3) is 9.99. The molecule has 0 saturated heterocycles. The lowest BCUT2D eigenvalue weighted by Crippen LogP contribution is -2.32. The molecule has 0 rings (SSSR count). The van der Waals surface area contributed by atoms with Crippen molar-refractivity contribution < 1.29 is 22.7 Å². The normalized spacial score (nSPS) is 13.7. The minimum Gasteiger partial charge on any atom is -0.383 e. The first kappa shape index (κ1) is 14.7. The van der Waals surface area contributed by atoms with Gasteiger partial charge in [-0.3, -0.25) is 4.79 Å². The third-order valence-corrected chi connectivity index (χ3v) is 2.09. The van der Waals surface area contributed by atoms with Gasteiger partial charge in [0.05, 0.1) is 17.9 Å². The molecule has 1 N–H and O–H groups in total. The van der Waals surface area contributed by atoms with Crippen molar-refractivity contribution >= 4 is 21.8 Å². The van der Waals surface area contributed by atoms with E-state index >= 15 is 0 Å². The molecule has 0 aromatic carbocycles. The summed E-state index contributed by atoms with van der Waals surface area (Å²) in [6, 6.07) is 0. The maximum atomic E-state index is 11.7. The number of amides is 1. The molecule has 1 amide bonds. The number of rotatable bonds is 6. The summed E-state index contributed by atoms with van der Waals surface area (Å²) in [5.74, 6) is -0.604. The van der Waals surface area contributed by atoms with E-state index in [0.29, 0.717) is 6.61 Å². The molecule has 0 radical (unpaired) electrons. The van der Waals surface area contributed by atoms with Crippen LogP contribution in [0.1, 0.15) is 12.8 Å². The first-order valence-electron chi connectivity index (χ1n) is 4.31. The van der Waals surface area contributed by atoms with Crippen LogP contribution in [0.2, 0.25) is 0 Å². The predicted octanol–water partition coefficient (Wildman–Crippen LogP) is 1.85. The Kier molecular flexibility index (Phi) is 6.91. The Morgan fingerprint density at radius 3 is 2.60 bits per heavy atom. The van der Waals surface area contributed by atoms with Crippen LogP contribution in [-0.4, -0.2) is 37.2 Å². The number of hydrogen-bond acceptors (Lipinski definition) is 2. The molecule has 0 saturated carbocycles. The highest BCUT2D eigenvalue weighted by molar-refractivity contribution is 9.09. The first-order valence-corrected chi connectivity index (χ1v) is 5.23. The summed E-state index contributed by atoms with van der Waals surface area (Å²) in [4.78, 5) is 10.8. The SMILES string of the molecule is COCC(Br)CNC(=O)CCC(F)(F)F. The summed E-state index contributed by atoms with van der Waals surface area (Å²) in [7, 11) is 1.50. The van der Waals surface area contributed by atoms with Gasteiger partial charge >= 0.3 is 6.18 Å². The molecule has 0 spiro atoms. The lowest BCUT2D eigenvalue weighted by atomic mass is 10.3. The number of hydrogen-bond donors (Lipinski definition) is 1. The Labute approximate surface area is 94.5 Å². The van der Waals surface area contributed by atoms with Crippen LogP contribution < -0.4 is 5.32 Å². The Hall–Kier alpha value is -0.300. The van der Waals surface area contributed by atoms with Crippen LogP contribution in [0, 0.1) is 0 Å². The maximum Gasteiger partial charge on any atom is 0.389 e. The van der Waals surface area contributed by atoms with Crippen molar-refractivity contribution in [2.45, 2.75) is 23.8 Å². The van der Waals surface area contributed by atoms with E-state index < -0.39 is 24.9 Å². The number of nitrogens with one attached hydrogen (secondary N) is 1. The molecular weight excluding hydrogens is 279 g/mol. The number of halogens is 4. The standard InChI is InChI=1S/C8H13BrF3NO2/c1-15-5-6(9)4-13-7(14)2-3-8(10,11)12/h6H,2-5H2,1H3,(H,13,14). The van der Waals surface area contributed by atoms with Gasteiger partial charge in [-0.1, -0.05) is 15.9 Å². The largest absolute Gasteiger partial charge is 0.389 e. The summed E-state index contributed by atoms with van der Waals surface area (Å²) in [6.07, 6.45) is -5.90. The van der Waals surface area contributed by atoms with Crippen LogP contribution >= 0.6 is 15.9 Å². The van der Waals surface area contributed by atoms with Gasteiger partial charge in [0, 0.05) is 20.1 Å².